The molecule has 9 heteroatoms. The van der Waals surface area contributed by atoms with E-state index >= 15 is 0 Å². The number of rotatable bonds is 1. The molecule has 8 bridgehead atoms. The Bertz CT molecular complexity index is 2660. The summed E-state index contributed by atoms with van der Waals surface area (Å²) in [6.07, 6.45) is 4.06. The fourth-order valence-electron chi connectivity index (χ4n) is 6.38. The second-order valence-electron chi connectivity index (χ2n) is 11.0. The molecule has 0 unspecified atom stereocenters. The van der Waals surface area contributed by atoms with Gasteiger partial charge in [-0.05, 0) is 18.2 Å². The highest BCUT2D eigenvalue weighted by Crippen LogP contribution is 2.37. The van der Waals surface area contributed by atoms with Gasteiger partial charge in [-0.3, -0.25) is 0 Å². The molecule has 10 rings (SSSR count). The summed E-state index contributed by atoms with van der Waals surface area (Å²) in [4.78, 5) is 37.4. The standard InChI is InChI=1S/C36H21N9/c1-2-11-21-20(10-1)29-37-30(21)39-32-24-14-5-6-15-25(24)34(41-32)43-36-28-26(16-9-17-27(28)45-18-7-8-19-45)35(44-36)42-33-23-13-4-3-12-22(23)31(38-29)40-33/h1-19H,(H2,37,38,39,40,41,42,43,44). The Balaban J connectivity index is 1.43. The van der Waals surface area contributed by atoms with Crippen LogP contribution in [0.5, 0.6) is 0 Å². The number of nitrogens with one attached hydrogen (secondary N) is 2. The zero-order chi connectivity index (χ0) is 29.5. The Kier molecular flexibility index (Phi) is 4.81. The smallest absolute Gasteiger partial charge is 0.164 e. The van der Waals surface area contributed by atoms with Crippen LogP contribution >= 0.6 is 0 Å². The summed E-state index contributed by atoms with van der Waals surface area (Å²) in [5.41, 5.74) is 7.30. The van der Waals surface area contributed by atoms with Crippen molar-refractivity contribution in [1.82, 2.24) is 44.4 Å². The van der Waals surface area contributed by atoms with Crippen LogP contribution in [-0.4, -0.2) is 44.4 Å². The first-order chi connectivity index (χ1) is 22.3. The van der Waals surface area contributed by atoms with Crippen LogP contribution in [0.25, 0.3) is 95.4 Å². The van der Waals surface area contributed by atoms with Gasteiger partial charge >= 0.3 is 0 Å². The summed E-state index contributed by atoms with van der Waals surface area (Å²) in [6, 6.07) is 34.4. The van der Waals surface area contributed by atoms with E-state index in [9.17, 15) is 0 Å². The normalized spacial score (nSPS) is 12.0. The SMILES string of the molecule is c1ccc2c(c1)-c1nc-2nc2[nH]c(nc3nc(nc4[nH]c(n1)c1ccccc41)-c1ccccc1-3)c1c(-n3cccc3)cccc21. The van der Waals surface area contributed by atoms with Crippen LogP contribution in [0.4, 0.5) is 0 Å². The molecular formula is C36H21N9. The largest absolute Gasteiger partial charge is 0.324 e. The van der Waals surface area contributed by atoms with Gasteiger partial charge in [0.05, 0.1) is 11.1 Å². The van der Waals surface area contributed by atoms with E-state index in [2.05, 4.69) is 26.7 Å². The lowest BCUT2D eigenvalue weighted by atomic mass is 10.1. The van der Waals surface area contributed by atoms with E-state index in [0.29, 0.717) is 45.9 Å². The molecule has 45 heavy (non-hydrogen) atoms. The fourth-order valence-corrected chi connectivity index (χ4v) is 6.38. The maximum absolute atomic E-state index is 5.17. The number of nitrogens with zero attached hydrogens (tertiary/aromatic N) is 7. The van der Waals surface area contributed by atoms with Crippen LogP contribution in [0.1, 0.15) is 0 Å². The second kappa shape index (κ2) is 9.01. The molecule has 0 atom stereocenters. The van der Waals surface area contributed by atoms with Crippen LogP contribution in [0.15, 0.2) is 116 Å². The van der Waals surface area contributed by atoms with Crippen LogP contribution < -0.4 is 0 Å². The minimum Gasteiger partial charge on any atom is -0.324 e. The average molecular weight is 580 g/mol. The maximum atomic E-state index is 5.17. The molecule has 8 aromatic rings. The minimum absolute atomic E-state index is 0.577. The monoisotopic (exact) mass is 579 g/mol. The van der Waals surface area contributed by atoms with Gasteiger partial charge in [-0.2, -0.15) is 0 Å². The van der Waals surface area contributed by atoms with Crippen LogP contribution in [0, 0.1) is 0 Å². The van der Waals surface area contributed by atoms with E-state index in [1.807, 2.05) is 103 Å². The van der Waals surface area contributed by atoms with Crippen molar-refractivity contribution in [3.8, 4) is 51.2 Å². The summed E-state index contributed by atoms with van der Waals surface area (Å²) in [5, 5.41) is 3.75. The molecule has 2 aliphatic rings. The van der Waals surface area contributed by atoms with Gasteiger partial charge in [0.25, 0.3) is 0 Å². The molecule has 4 aromatic heterocycles. The molecular weight excluding hydrogens is 558 g/mol. The Morgan fingerprint density at radius 1 is 0.378 bits per heavy atom. The first-order valence-corrected chi connectivity index (χ1v) is 14.6. The van der Waals surface area contributed by atoms with E-state index in [1.54, 1.807) is 0 Å². The van der Waals surface area contributed by atoms with Gasteiger partial charge in [-0.25, -0.2) is 29.9 Å². The van der Waals surface area contributed by atoms with Gasteiger partial charge in [0, 0.05) is 50.8 Å². The number of fused-ring (bicyclic) bond motifs is 20. The van der Waals surface area contributed by atoms with Crippen LogP contribution in [0.2, 0.25) is 0 Å². The van der Waals surface area contributed by atoms with Crippen molar-refractivity contribution in [1.29, 1.82) is 0 Å². The second-order valence-corrected chi connectivity index (χ2v) is 11.0. The lowest BCUT2D eigenvalue weighted by Crippen LogP contribution is -1.90. The quantitative estimate of drug-likeness (QED) is 0.206. The summed E-state index contributed by atoms with van der Waals surface area (Å²) >= 11 is 0. The van der Waals surface area contributed by atoms with Crippen LogP contribution in [0.3, 0.4) is 0 Å². The molecule has 0 fully saturated rings. The minimum atomic E-state index is 0.577. The third-order valence-electron chi connectivity index (χ3n) is 8.44. The first kappa shape index (κ1) is 24.0. The van der Waals surface area contributed by atoms with Crippen molar-refractivity contribution in [2.75, 3.05) is 0 Å². The molecule has 210 valence electrons. The van der Waals surface area contributed by atoms with E-state index < -0.39 is 0 Å². The Labute approximate surface area is 255 Å². The summed E-state index contributed by atoms with van der Waals surface area (Å²) in [6.45, 7) is 0. The van der Waals surface area contributed by atoms with Crippen molar-refractivity contribution < 1.29 is 0 Å². The van der Waals surface area contributed by atoms with Gasteiger partial charge in [0.2, 0.25) is 0 Å². The highest BCUT2D eigenvalue weighted by molar-refractivity contribution is 6.09. The lowest BCUT2D eigenvalue weighted by molar-refractivity contribution is 1.09. The average Bonchev–Trinajstić information content (AvgIpc) is 3.91. The van der Waals surface area contributed by atoms with Gasteiger partial charge in [-0.15, -0.1) is 0 Å². The Hall–Kier alpha value is -6.48. The van der Waals surface area contributed by atoms with E-state index in [0.717, 1.165) is 49.5 Å². The maximum Gasteiger partial charge on any atom is 0.164 e. The number of aromatic nitrogens is 9. The highest BCUT2D eigenvalue weighted by atomic mass is 15.1. The van der Waals surface area contributed by atoms with Gasteiger partial charge in [0.1, 0.15) is 22.6 Å². The highest BCUT2D eigenvalue weighted by Gasteiger charge is 2.22. The summed E-state index contributed by atoms with van der Waals surface area (Å²) in [7, 11) is 0. The topological polar surface area (TPSA) is 114 Å². The molecule has 0 spiro atoms. The molecule has 0 aliphatic carbocycles. The summed E-state index contributed by atoms with van der Waals surface area (Å²) < 4.78 is 2.08. The Morgan fingerprint density at radius 2 is 0.800 bits per heavy atom. The molecule has 4 aromatic carbocycles. The van der Waals surface area contributed by atoms with Gasteiger partial charge in [0.15, 0.2) is 23.3 Å². The number of hydrogen-bond acceptors (Lipinski definition) is 6. The van der Waals surface area contributed by atoms with Crippen molar-refractivity contribution in [2.24, 2.45) is 0 Å². The number of H-pyrrole nitrogens is 2. The zero-order valence-corrected chi connectivity index (χ0v) is 23.6. The van der Waals surface area contributed by atoms with Gasteiger partial charge in [-0.1, -0.05) is 84.9 Å². The summed E-state index contributed by atoms with van der Waals surface area (Å²) in [5.74, 6) is 2.33. The number of aromatic amines is 2. The molecule has 2 N–H and O–H groups in total. The Morgan fingerprint density at radius 3 is 1.33 bits per heavy atom. The first-order valence-electron chi connectivity index (χ1n) is 14.6. The molecule has 0 radical (unpaired) electrons. The van der Waals surface area contributed by atoms with E-state index in [-0.39, 0.29) is 0 Å². The fraction of sp³-hybridized carbons (Fsp3) is 0. The number of hydrogen-bond donors (Lipinski definition) is 2. The van der Waals surface area contributed by atoms with E-state index in [1.165, 1.54) is 0 Å². The van der Waals surface area contributed by atoms with Crippen molar-refractivity contribution in [2.45, 2.75) is 0 Å². The third-order valence-corrected chi connectivity index (χ3v) is 8.44. The molecule has 2 aliphatic heterocycles. The predicted molar refractivity (Wildman–Crippen MR) is 175 cm³/mol. The molecule has 0 amide bonds. The third kappa shape index (κ3) is 3.55. The number of benzene rings is 4. The van der Waals surface area contributed by atoms with E-state index in [4.69, 9.17) is 29.9 Å². The van der Waals surface area contributed by atoms with Gasteiger partial charge < -0.3 is 14.5 Å². The van der Waals surface area contributed by atoms with Crippen LogP contribution in [-0.2, 0) is 0 Å². The van der Waals surface area contributed by atoms with Crippen molar-refractivity contribution >= 4 is 44.1 Å². The molecule has 0 saturated carbocycles. The van der Waals surface area contributed by atoms with Crippen molar-refractivity contribution in [3.05, 3.63) is 116 Å². The molecule has 0 saturated heterocycles. The van der Waals surface area contributed by atoms with Crippen molar-refractivity contribution in [3.63, 3.8) is 0 Å². The molecule has 6 heterocycles. The predicted octanol–water partition coefficient (Wildman–Crippen LogP) is 7.66. The zero-order valence-electron chi connectivity index (χ0n) is 23.6. The molecule has 9 nitrogen and oxygen atoms in total. The lowest BCUT2D eigenvalue weighted by Gasteiger charge is -2.04.